The maximum Gasteiger partial charge on any atom is 0.243 e. The SMILES string of the molecule is Cc1ccc(-c2cc(CNC(=O)[C@@H]3CCCN3S(=O)(=O)c3ccc(F)cc3)cc(N3CCCCC3)n2)cc1. The standard InChI is InChI=1S/C29H33FN4O3S/c1-21-7-9-23(10-8-21)26-18-22(19-28(32-26)33-15-3-2-4-16-33)20-31-29(35)27-6-5-17-34(27)38(36,37)25-13-11-24(30)12-14-25/h7-14,18-19,27H,2-6,15-17,20H2,1H3,(H,31,35)/t27-/m0/s1. The lowest BCUT2D eigenvalue weighted by Crippen LogP contribution is -2.45. The molecule has 0 saturated carbocycles. The second-order valence-electron chi connectivity index (χ2n) is 10.1. The van der Waals surface area contributed by atoms with E-state index in [0.717, 1.165) is 60.7 Å². The highest BCUT2D eigenvalue weighted by Gasteiger charge is 2.39. The van der Waals surface area contributed by atoms with E-state index in [2.05, 4.69) is 34.5 Å². The minimum absolute atomic E-state index is 0.0124. The Morgan fingerprint density at radius 3 is 2.39 bits per heavy atom. The third kappa shape index (κ3) is 5.73. The number of amides is 1. The average Bonchev–Trinajstić information content (AvgIpc) is 3.44. The van der Waals surface area contributed by atoms with Crippen LogP contribution in [0.4, 0.5) is 10.2 Å². The molecular weight excluding hydrogens is 503 g/mol. The maximum absolute atomic E-state index is 13.3. The summed E-state index contributed by atoms with van der Waals surface area (Å²) in [6, 6.07) is 16.1. The number of aryl methyl sites for hydroxylation is 1. The Balaban J connectivity index is 1.35. The third-order valence-electron chi connectivity index (χ3n) is 7.29. The Hall–Kier alpha value is -3.30. The molecule has 1 atom stereocenters. The fourth-order valence-electron chi connectivity index (χ4n) is 5.17. The number of anilines is 1. The monoisotopic (exact) mass is 536 g/mol. The van der Waals surface area contributed by atoms with Crippen molar-refractivity contribution in [2.75, 3.05) is 24.5 Å². The van der Waals surface area contributed by atoms with Crippen LogP contribution in [0.25, 0.3) is 11.3 Å². The van der Waals surface area contributed by atoms with E-state index in [1.165, 1.54) is 28.4 Å². The Morgan fingerprint density at radius 2 is 1.68 bits per heavy atom. The summed E-state index contributed by atoms with van der Waals surface area (Å²) in [6.07, 6.45) is 4.50. The Kier molecular flexibility index (Phi) is 7.76. The zero-order valence-corrected chi connectivity index (χ0v) is 22.4. The lowest BCUT2D eigenvalue weighted by molar-refractivity contribution is -0.124. The average molecular weight is 537 g/mol. The summed E-state index contributed by atoms with van der Waals surface area (Å²) in [5.41, 5.74) is 3.94. The first-order chi connectivity index (χ1) is 18.3. The predicted octanol–water partition coefficient (Wildman–Crippen LogP) is 4.66. The highest BCUT2D eigenvalue weighted by Crippen LogP contribution is 2.28. The van der Waals surface area contributed by atoms with Crippen LogP contribution in [0.1, 0.15) is 43.2 Å². The van der Waals surface area contributed by atoms with Crippen molar-refractivity contribution >= 4 is 21.7 Å². The number of benzene rings is 2. The number of aromatic nitrogens is 1. The van der Waals surface area contributed by atoms with E-state index in [0.29, 0.717) is 12.8 Å². The molecule has 2 aliphatic heterocycles. The molecule has 38 heavy (non-hydrogen) atoms. The van der Waals surface area contributed by atoms with Crippen LogP contribution in [0, 0.1) is 12.7 Å². The van der Waals surface area contributed by atoms with Gasteiger partial charge in [-0.25, -0.2) is 17.8 Å². The number of carbonyl (C=O) groups excluding carboxylic acids is 1. The van der Waals surface area contributed by atoms with Crippen molar-refractivity contribution in [3.63, 3.8) is 0 Å². The number of pyridine rings is 1. The van der Waals surface area contributed by atoms with Crippen molar-refractivity contribution in [3.8, 4) is 11.3 Å². The minimum Gasteiger partial charge on any atom is -0.357 e. The van der Waals surface area contributed by atoms with Gasteiger partial charge in [-0.15, -0.1) is 0 Å². The molecular formula is C29H33FN4O3S. The smallest absolute Gasteiger partial charge is 0.243 e. The molecule has 7 nitrogen and oxygen atoms in total. The van der Waals surface area contributed by atoms with E-state index in [-0.39, 0.29) is 23.9 Å². The number of hydrogen-bond acceptors (Lipinski definition) is 5. The molecule has 1 aromatic heterocycles. The number of piperidine rings is 1. The van der Waals surface area contributed by atoms with Gasteiger partial charge in [-0.1, -0.05) is 29.8 Å². The van der Waals surface area contributed by atoms with Crippen LogP contribution >= 0.6 is 0 Å². The molecule has 5 rings (SSSR count). The van der Waals surface area contributed by atoms with Crippen LogP contribution in [0.5, 0.6) is 0 Å². The van der Waals surface area contributed by atoms with E-state index in [1.54, 1.807) is 0 Å². The first kappa shape index (κ1) is 26.3. The van der Waals surface area contributed by atoms with Crippen LogP contribution < -0.4 is 10.2 Å². The largest absolute Gasteiger partial charge is 0.357 e. The molecule has 0 radical (unpaired) electrons. The molecule has 1 amide bonds. The molecule has 1 N–H and O–H groups in total. The van der Waals surface area contributed by atoms with Crippen molar-refractivity contribution in [2.24, 2.45) is 0 Å². The van der Waals surface area contributed by atoms with E-state index in [1.807, 2.05) is 19.1 Å². The molecule has 0 spiro atoms. The number of nitrogens with zero attached hydrogens (tertiary/aromatic N) is 3. The van der Waals surface area contributed by atoms with Gasteiger partial charge in [-0.05, 0) is 81.0 Å². The first-order valence-corrected chi connectivity index (χ1v) is 14.6. The van der Waals surface area contributed by atoms with Gasteiger partial charge in [-0.3, -0.25) is 4.79 Å². The lowest BCUT2D eigenvalue weighted by atomic mass is 10.1. The topological polar surface area (TPSA) is 82.6 Å². The van der Waals surface area contributed by atoms with Gasteiger partial charge < -0.3 is 10.2 Å². The summed E-state index contributed by atoms with van der Waals surface area (Å²) in [5, 5.41) is 2.97. The van der Waals surface area contributed by atoms with E-state index in [4.69, 9.17) is 4.98 Å². The normalized spacial score (nSPS) is 18.5. The van der Waals surface area contributed by atoms with Crippen LogP contribution in [0.2, 0.25) is 0 Å². The molecule has 3 heterocycles. The number of hydrogen-bond donors (Lipinski definition) is 1. The number of halogens is 1. The van der Waals surface area contributed by atoms with Gasteiger partial charge in [0.25, 0.3) is 0 Å². The van der Waals surface area contributed by atoms with Crippen LogP contribution in [-0.2, 0) is 21.4 Å². The molecule has 2 aliphatic rings. The van der Waals surface area contributed by atoms with Gasteiger partial charge in [0, 0.05) is 31.7 Å². The number of nitrogens with one attached hydrogen (secondary N) is 1. The van der Waals surface area contributed by atoms with E-state index >= 15 is 0 Å². The van der Waals surface area contributed by atoms with Gasteiger partial charge in [0.1, 0.15) is 17.7 Å². The third-order valence-corrected chi connectivity index (χ3v) is 9.21. The summed E-state index contributed by atoms with van der Waals surface area (Å²) < 4.78 is 41.0. The molecule has 9 heteroatoms. The van der Waals surface area contributed by atoms with Gasteiger partial charge in [0.2, 0.25) is 15.9 Å². The van der Waals surface area contributed by atoms with Gasteiger partial charge in [-0.2, -0.15) is 4.31 Å². The number of sulfonamides is 1. The molecule has 0 unspecified atom stereocenters. The van der Waals surface area contributed by atoms with Gasteiger partial charge >= 0.3 is 0 Å². The second kappa shape index (κ2) is 11.2. The highest BCUT2D eigenvalue weighted by molar-refractivity contribution is 7.89. The van der Waals surface area contributed by atoms with Crippen molar-refractivity contribution in [3.05, 3.63) is 77.6 Å². The van der Waals surface area contributed by atoms with Gasteiger partial charge in [0.05, 0.1) is 10.6 Å². The molecule has 3 aromatic rings. The summed E-state index contributed by atoms with van der Waals surface area (Å²) in [5.74, 6) is 0.0563. The summed E-state index contributed by atoms with van der Waals surface area (Å²) in [7, 11) is -3.91. The zero-order chi connectivity index (χ0) is 26.7. The quantitative estimate of drug-likeness (QED) is 0.475. The molecule has 2 aromatic carbocycles. The fourth-order valence-corrected chi connectivity index (χ4v) is 6.83. The van der Waals surface area contributed by atoms with Crippen molar-refractivity contribution in [2.45, 2.75) is 56.5 Å². The van der Waals surface area contributed by atoms with Crippen molar-refractivity contribution < 1.29 is 17.6 Å². The lowest BCUT2D eigenvalue weighted by Gasteiger charge is -2.28. The number of rotatable bonds is 7. The molecule has 0 bridgehead atoms. The fraction of sp³-hybridized carbons (Fsp3) is 0.379. The Bertz CT molecular complexity index is 1390. The summed E-state index contributed by atoms with van der Waals surface area (Å²) in [6.45, 7) is 4.47. The Labute approximate surface area is 223 Å². The second-order valence-corrected chi connectivity index (χ2v) is 12.0. The van der Waals surface area contributed by atoms with Crippen molar-refractivity contribution in [1.82, 2.24) is 14.6 Å². The highest BCUT2D eigenvalue weighted by atomic mass is 32.2. The minimum atomic E-state index is -3.91. The molecule has 0 aliphatic carbocycles. The van der Waals surface area contributed by atoms with E-state index in [9.17, 15) is 17.6 Å². The van der Waals surface area contributed by atoms with Gasteiger partial charge in [0.15, 0.2) is 0 Å². The molecule has 200 valence electrons. The number of carbonyl (C=O) groups is 1. The van der Waals surface area contributed by atoms with E-state index < -0.39 is 21.9 Å². The summed E-state index contributed by atoms with van der Waals surface area (Å²) >= 11 is 0. The first-order valence-electron chi connectivity index (χ1n) is 13.2. The zero-order valence-electron chi connectivity index (χ0n) is 21.6. The van der Waals surface area contributed by atoms with Crippen molar-refractivity contribution in [1.29, 1.82) is 0 Å². The molecule has 2 fully saturated rings. The predicted molar refractivity (Wildman–Crippen MR) is 146 cm³/mol. The van der Waals surface area contributed by atoms with Crippen LogP contribution in [0.15, 0.2) is 65.6 Å². The summed E-state index contributed by atoms with van der Waals surface area (Å²) in [4.78, 5) is 20.5. The van der Waals surface area contributed by atoms with Crippen LogP contribution in [-0.4, -0.2) is 49.3 Å². The molecule has 2 saturated heterocycles. The Morgan fingerprint density at radius 1 is 0.974 bits per heavy atom. The van der Waals surface area contributed by atoms with Crippen LogP contribution in [0.3, 0.4) is 0 Å². The maximum atomic E-state index is 13.3.